The highest BCUT2D eigenvalue weighted by Crippen LogP contribution is 2.37. The predicted molar refractivity (Wildman–Crippen MR) is 76.0 cm³/mol. The van der Waals surface area contributed by atoms with Gasteiger partial charge < -0.3 is 5.32 Å². The van der Waals surface area contributed by atoms with Crippen LogP contribution in [0.2, 0.25) is 0 Å². The number of hydrogen-bond donors (Lipinski definition) is 1. The van der Waals surface area contributed by atoms with Crippen LogP contribution in [0.4, 0.5) is 17.6 Å². The van der Waals surface area contributed by atoms with Crippen LogP contribution in [0.1, 0.15) is 17.2 Å². The Bertz CT molecular complexity index is 484. The fraction of sp³-hybridized carbons (Fsp3) is 0.429. The van der Waals surface area contributed by atoms with E-state index in [2.05, 4.69) is 11.9 Å². The minimum absolute atomic E-state index is 0. The molecule has 0 saturated carbocycles. The van der Waals surface area contributed by atoms with Crippen LogP contribution < -0.4 is 5.32 Å². The van der Waals surface area contributed by atoms with Crippen molar-refractivity contribution in [3.63, 3.8) is 0 Å². The lowest BCUT2D eigenvalue weighted by Crippen LogP contribution is -2.45. The van der Waals surface area contributed by atoms with Gasteiger partial charge in [-0.1, -0.05) is 12.1 Å². The number of rotatable bonds is 3. The van der Waals surface area contributed by atoms with Crippen LogP contribution in [0.25, 0.3) is 0 Å². The highest BCUT2D eigenvalue weighted by molar-refractivity contribution is 5.85. The second-order valence-electron chi connectivity index (χ2n) is 4.70. The average Bonchev–Trinajstić information content (AvgIpc) is 2.41. The molecule has 118 valence electrons. The van der Waals surface area contributed by atoms with E-state index in [4.69, 9.17) is 0 Å². The Morgan fingerprint density at radius 1 is 1.24 bits per heavy atom. The molecule has 0 aliphatic carbocycles. The summed E-state index contributed by atoms with van der Waals surface area (Å²) in [6.07, 6.45) is -3.10. The Balaban J connectivity index is 0.00000220. The monoisotopic (exact) mass is 324 g/mol. The van der Waals surface area contributed by atoms with Gasteiger partial charge in [0.2, 0.25) is 0 Å². The second kappa shape index (κ2) is 7.24. The fourth-order valence-electron chi connectivity index (χ4n) is 2.46. The van der Waals surface area contributed by atoms with Gasteiger partial charge in [-0.05, 0) is 17.7 Å². The third kappa shape index (κ3) is 4.18. The highest BCUT2D eigenvalue weighted by atomic mass is 35.5. The van der Waals surface area contributed by atoms with Crippen molar-refractivity contribution in [2.75, 3.05) is 26.2 Å². The SMILES string of the molecule is C=C[C@@H](c1ccc(F)cc1C(F)(F)F)N1CCNCC1.Cl. The van der Waals surface area contributed by atoms with E-state index < -0.39 is 23.6 Å². The number of benzene rings is 1. The van der Waals surface area contributed by atoms with Crippen molar-refractivity contribution >= 4 is 12.4 Å². The zero-order valence-corrected chi connectivity index (χ0v) is 12.1. The van der Waals surface area contributed by atoms with Gasteiger partial charge in [0.25, 0.3) is 0 Å². The third-order valence-corrected chi connectivity index (χ3v) is 3.41. The number of piperazine rings is 1. The van der Waals surface area contributed by atoms with Crippen LogP contribution in [0.3, 0.4) is 0 Å². The van der Waals surface area contributed by atoms with Crippen molar-refractivity contribution in [1.29, 1.82) is 0 Å². The summed E-state index contributed by atoms with van der Waals surface area (Å²) in [5.74, 6) is -0.885. The zero-order valence-electron chi connectivity index (χ0n) is 11.3. The molecule has 7 heteroatoms. The summed E-state index contributed by atoms with van der Waals surface area (Å²) in [7, 11) is 0. The van der Waals surface area contributed by atoms with Gasteiger partial charge in [0, 0.05) is 26.2 Å². The largest absolute Gasteiger partial charge is 0.416 e. The van der Waals surface area contributed by atoms with E-state index in [-0.39, 0.29) is 18.0 Å². The lowest BCUT2D eigenvalue weighted by molar-refractivity contribution is -0.138. The summed E-state index contributed by atoms with van der Waals surface area (Å²) in [6, 6.07) is 2.25. The molecule has 0 spiro atoms. The summed E-state index contributed by atoms with van der Waals surface area (Å²) in [4.78, 5) is 1.91. The summed E-state index contributed by atoms with van der Waals surface area (Å²) in [5.41, 5.74) is -0.878. The van der Waals surface area contributed by atoms with Gasteiger partial charge in [0.1, 0.15) is 5.82 Å². The molecule has 1 N–H and O–H groups in total. The summed E-state index contributed by atoms with van der Waals surface area (Å²) in [5, 5.41) is 3.14. The highest BCUT2D eigenvalue weighted by Gasteiger charge is 2.36. The van der Waals surface area contributed by atoms with E-state index in [9.17, 15) is 17.6 Å². The predicted octanol–water partition coefficient (Wildman–Crippen LogP) is 3.40. The Hall–Kier alpha value is -1.11. The van der Waals surface area contributed by atoms with Crippen molar-refractivity contribution in [3.8, 4) is 0 Å². The topological polar surface area (TPSA) is 15.3 Å². The van der Waals surface area contributed by atoms with E-state index in [0.29, 0.717) is 32.2 Å². The maximum absolute atomic E-state index is 13.1. The molecule has 0 bridgehead atoms. The van der Waals surface area contributed by atoms with Crippen molar-refractivity contribution in [1.82, 2.24) is 10.2 Å². The van der Waals surface area contributed by atoms with Crippen LogP contribution in [0.15, 0.2) is 30.9 Å². The first-order valence-electron chi connectivity index (χ1n) is 6.37. The van der Waals surface area contributed by atoms with Crippen molar-refractivity contribution in [2.24, 2.45) is 0 Å². The van der Waals surface area contributed by atoms with Crippen LogP contribution in [0.5, 0.6) is 0 Å². The fourth-order valence-corrected chi connectivity index (χ4v) is 2.46. The van der Waals surface area contributed by atoms with E-state index >= 15 is 0 Å². The van der Waals surface area contributed by atoms with Crippen molar-refractivity contribution in [2.45, 2.75) is 12.2 Å². The van der Waals surface area contributed by atoms with E-state index in [1.165, 1.54) is 12.1 Å². The number of alkyl halides is 3. The molecule has 0 radical (unpaired) electrons. The van der Waals surface area contributed by atoms with Gasteiger partial charge in [-0.2, -0.15) is 13.2 Å². The maximum Gasteiger partial charge on any atom is 0.416 e. The molecule has 0 unspecified atom stereocenters. The number of nitrogens with zero attached hydrogens (tertiary/aromatic N) is 1. The smallest absolute Gasteiger partial charge is 0.314 e. The van der Waals surface area contributed by atoms with E-state index in [1.807, 2.05) is 4.90 Å². The quantitative estimate of drug-likeness (QED) is 0.677. The normalized spacial score (nSPS) is 17.9. The molecular formula is C14H17ClF4N2. The maximum atomic E-state index is 13.1. The summed E-state index contributed by atoms with van der Waals surface area (Å²) in [6.45, 7) is 6.33. The van der Waals surface area contributed by atoms with Crippen LogP contribution >= 0.6 is 12.4 Å². The molecule has 1 heterocycles. The first-order chi connectivity index (χ1) is 9.43. The van der Waals surface area contributed by atoms with E-state index in [0.717, 1.165) is 6.07 Å². The molecule has 1 saturated heterocycles. The van der Waals surface area contributed by atoms with E-state index in [1.54, 1.807) is 0 Å². The molecule has 1 aliphatic heterocycles. The second-order valence-corrected chi connectivity index (χ2v) is 4.70. The van der Waals surface area contributed by atoms with Gasteiger partial charge in [0.05, 0.1) is 11.6 Å². The zero-order chi connectivity index (χ0) is 14.8. The summed E-state index contributed by atoms with van der Waals surface area (Å²) >= 11 is 0. The van der Waals surface area contributed by atoms with Gasteiger partial charge in [0.15, 0.2) is 0 Å². The molecule has 1 aliphatic rings. The summed E-state index contributed by atoms with van der Waals surface area (Å²) < 4.78 is 52.3. The lowest BCUT2D eigenvalue weighted by Gasteiger charge is -2.34. The molecule has 1 aromatic carbocycles. The Morgan fingerprint density at radius 3 is 2.38 bits per heavy atom. The van der Waals surface area contributed by atoms with Crippen molar-refractivity contribution < 1.29 is 17.6 Å². The molecule has 0 aromatic heterocycles. The average molecular weight is 325 g/mol. The molecule has 0 amide bonds. The number of nitrogens with one attached hydrogen (secondary N) is 1. The van der Waals surface area contributed by atoms with Crippen LogP contribution in [-0.4, -0.2) is 31.1 Å². The van der Waals surface area contributed by atoms with Crippen molar-refractivity contribution in [3.05, 3.63) is 47.8 Å². The molecule has 1 fully saturated rings. The first kappa shape index (κ1) is 17.9. The van der Waals surface area contributed by atoms with Crippen LogP contribution in [-0.2, 0) is 6.18 Å². The standard InChI is InChI=1S/C14H16F4N2.ClH/c1-2-13(20-7-5-19-6-8-20)11-4-3-10(15)9-12(11)14(16,17)18;/h2-4,9,13,19H,1,5-8H2;1H/t13-;/m0./s1. The molecule has 1 aromatic rings. The molecule has 2 rings (SSSR count). The Morgan fingerprint density at radius 2 is 1.86 bits per heavy atom. The van der Waals surface area contributed by atoms with Gasteiger partial charge in [-0.3, -0.25) is 4.90 Å². The van der Waals surface area contributed by atoms with Crippen LogP contribution in [0, 0.1) is 5.82 Å². The molecule has 2 nitrogen and oxygen atoms in total. The Labute approximate surface area is 127 Å². The lowest BCUT2D eigenvalue weighted by atomic mass is 9.98. The molecule has 21 heavy (non-hydrogen) atoms. The Kier molecular flexibility index (Phi) is 6.19. The first-order valence-corrected chi connectivity index (χ1v) is 6.37. The van der Waals surface area contributed by atoms with Gasteiger partial charge >= 0.3 is 6.18 Å². The molecular weight excluding hydrogens is 308 g/mol. The third-order valence-electron chi connectivity index (χ3n) is 3.41. The van der Waals surface area contributed by atoms with Gasteiger partial charge in [-0.15, -0.1) is 19.0 Å². The van der Waals surface area contributed by atoms with Gasteiger partial charge in [-0.25, -0.2) is 4.39 Å². The number of halogens is 5. The minimum atomic E-state index is -4.58. The minimum Gasteiger partial charge on any atom is -0.314 e. The molecule has 1 atom stereocenters. The number of hydrogen-bond acceptors (Lipinski definition) is 2.